The molecule has 8 nitrogen and oxygen atoms in total. The molecule has 8 heteroatoms. The van der Waals surface area contributed by atoms with Gasteiger partial charge in [-0.05, 0) is 12.1 Å². The molecule has 0 unspecified atom stereocenters. The van der Waals surface area contributed by atoms with Crippen LogP contribution in [-0.4, -0.2) is 61.0 Å². The minimum atomic E-state index is -0.212. The average molecular weight is 357 g/mol. The van der Waals surface area contributed by atoms with Crippen molar-refractivity contribution in [3.63, 3.8) is 0 Å². The van der Waals surface area contributed by atoms with Crippen molar-refractivity contribution in [1.82, 2.24) is 20.0 Å². The summed E-state index contributed by atoms with van der Waals surface area (Å²) in [7, 11) is 6.83. The molecule has 1 aliphatic heterocycles. The van der Waals surface area contributed by atoms with Gasteiger partial charge in [0, 0.05) is 57.1 Å². The number of amides is 2. The SMILES string of the molecule is COCCN(C)C(=O)NC1=Nc2c(-c3cnn(C)c3)ccc(OC)c2C1. The van der Waals surface area contributed by atoms with E-state index in [1.165, 1.54) is 0 Å². The lowest BCUT2D eigenvalue weighted by atomic mass is 10.0. The highest BCUT2D eigenvalue weighted by molar-refractivity contribution is 6.04. The zero-order chi connectivity index (χ0) is 18.7. The number of ether oxygens (including phenoxy) is 2. The van der Waals surface area contributed by atoms with Gasteiger partial charge in [-0.25, -0.2) is 9.79 Å². The van der Waals surface area contributed by atoms with Crippen LogP contribution in [0.4, 0.5) is 10.5 Å². The van der Waals surface area contributed by atoms with Gasteiger partial charge in [0.05, 0.1) is 25.6 Å². The predicted molar refractivity (Wildman–Crippen MR) is 99.0 cm³/mol. The second kappa shape index (κ2) is 7.57. The number of rotatable bonds is 5. The fourth-order valence-corrected chi connectivity index (χ4v) is 2.86. The molecule has 2 aromatic rings. The van der Waals surface area contributed by atoms with E-state index in [1.54, 1.807) is 37.0 Å². The average Bonchev–Trinajstić information content (AvgIpc) is 3.24. The largest absolute Gasteiger partial charge is 0.496 e. The van der Waals surface area contributed by atoms with Gasteiger partial charge < -0.3 is 14.4 Å². The molecule has 1 aromatic carbocycles. The molecule has 138 valence electrons. The maximum absolute atomic E-state index is 12.3. The maximum atomic E-state index is 12.3. The van der Waals surface area contributed by atoms with Crippen molar-refractivity contribution in [3.8, 4) is 16.9 Å². The first-order valence-corrected chi connectivity index (χ1v) is 8.31. The van der Waals surface area contributed by atoms with Crippen molar-refractivity contribution in [1.29, 1.82) is 0 Å². The van der Waals surface area contributed by atoms with Crippen molar-refractivity contribution < 1.29 is 14.3 Å². The van der Waals surface area contributed by atoms with Crippen molar-refractivity contribution in [3.05, 3.63) is 30.1 Å². The summed E-state index contributed by atoms with van der Waals surface area (Å²) in [6.07, 6.45) is 4.25. The third kappa shape index (κ3) is 3.55. The lowest BCUT2D eigenvalue weighted by Gasteiger charge is -2.17. The number of aliphatic imine (C=N–C) groups is 1. The van der Waals surface area contributed by atoms with Gasteiger partial charge in [-0.2, -0.15) is 5.10 Å². The number of aryl methyl sites for hydroxylation is 1. The van der Waals surface area contributed by atoms with Crippen molar-refractivity contribution in [2.45, 2.75) is 6.42 Å². The fourth-order valence-electron chi connectivity index (χ4n) is 2.86. The molecule has 0 bridgehead atoms. The van der Waals surface area contributed by atoms with Crippen molar-refractivity contribution in [2.24, 2.45) is 12.0 Å². The number of nitrogens with zero attached hydrogens (tertiary/aromatic N) is 4. The molecule has 2 heterocycles. The van der Waals surface area contributed by atoms with E-state index in [2.05, 4.69) is 15.4 Å². The van der Waals surface area contributed by atoms with Gasteiger partial charge in [0.15, 0.2) is 0 Å². The van der Waals surface area contributed by atoms with Crippen LogP contribution in [-0.2, 0) is 18.2 Å². The highest BCUT2D eigenvalue weighted by Crippen LogP contribution is 2.41. The van der Waals surface area contributed by atoms with Crippen LogP contribution in [0, 0.1) is 0 Å². The Kier molecular flexibility index (Phi) is 5.22. The Balaban J connectivity index is 1.86. The summed E-state index contributed by atoms with van der Waals surface area (Å²) in [5.74, 6) is 1.36. The molecule has 1 aliphatic rings. The normalized spacial score (nSPS) is 12.5. The first-order chi connectivity index (χ1) is 12.5. The molecule has 0 saturated heterocycles. The number of likely N-dealkylation sites (N-methyl/N-ethyl adjacent to an activating group) is 1. The van der Waals surface area contributed by atoms with Gasteiger partial charge in [0.25, 0.3) is 0 Å². The molecule has 0 atom stereocenters. The molecule has 0 radical (unpaired) electrons. The van der Waals surface area contributed by atoms with E-state index >= 15 is 0 Å². The van der Waals surface area contributed by atoms with Gasteiger partial charge in [-0.15, -0.1) is 0 Å². The number of hydrogen-bond acceptors (Lipinski definition) is 5. The molecule has 26 heavy (non-hydrogen) atoms. The van der Waals surface area contributed by atoms with Gasteiger partial charge >= 0.3 is 6.03 Å². The zero-order valence-corrected chi connectivity index (χ0v) is 15.4. The summed E-state index contributed by atoms with van der Waals surface area (Å²) < 4.78 is 12.2. The number of hydrogen-bond donors (Lipinski definition) is 1. The topological polar surface area (TPSA) is 81.0 Å². The van der Waals surface area contributed by atoms with Crippen LogP contribution in [0.25, 0.3) is 11.1 Å². The number of benzene rings is 1. The van der Waals surface area contributed by atoms with Crippen LogP contribution in [0.5, 0.6) is 5.75 Å². The summed E-state index contributed by atoms with van der Waals surface area (Å²) in [4.78, 5) is 18.5. The molecule has 1 N–H and O–H groups in total. The van der Waals surface area contributed by atoms with Crippen LogP contribution in [0.1, 0.15) is 5.56 Å². The van der Waals surface area contributed by atoms with Crippen molar-refractivity contribution in [2.75, 3.05) is 34.4 Å². The van der Waals surface area contributed by atoms with E-state index < -0.39 is 0 Å². The Morgan fingerprint density at radius 3 is 2.85 bits per heavy atom. The lowest BCUT2D eigenvalue weighted by Crippen LogP contribution is -2.42. The van der Waals surface area contributed by atoms with E-state index in [9.17, 15) is 4.79 Å². The van der Waals surface area contributed by atoms with Crippen LogP contribution in [0.2, 0.25) is 0 Å². The van der Waals surface area contributed by atoms with E-state index in [1.807, 2.05) is 25.4 Å². The Morgan fingerprint density at radius 2 is 2.19 bits per heavy atom. The first-order valence-electron chi connectivity index (χ1n) is 8.31. The molecule has 1 aromatic heterocycles. The number of fused-ring (bicyclic) bond motifs is 1. The standard InChI is InChI=1S/C18H23N5O3/c1-22(7-8-25-3)18(24)21-16-9-14-15(26-4)6-5-13(17(14)20-16)12-10-19-23(2)11-12/h5-6,10-11H,7-9H2,1-4H3,(H,20,21,24). The van der Waals surface area contributed by atoms with E-state index in [0.29, 0.717) is 25.4 Å². The Bertz CT molecular complexity index is 843. The zero-order valence-electron chi connectivity index (χ0n) is 15.4. The van der Waals surface area contributed by atoms with Crippen molar-refractivity contribution >= 4 is 17.6 Å². The van der Waals surface area contributed by atoms with Gasteiger partial charge in [-0.1, -0.05) is 0 Å². The van der Waals surface area contributed by atoms with Crippen LogP contribution < -0.4 is 10.1 Å². The summed E-state index contributed by atoms with van der Waals surface area (Å²) in [6.45, 7) is 0.989. The number of carbonyl (C=O) groups is 1. The summed E-state index contributed by atoms with van der Waals surface area (Å²) >= 11 is 0. The van der Waals surface area contributed by atoms with Gasteiger partial charge in [0.1, 0.15) is 11.6 Å². The number of carbonyl (C=O) groups excluding carboxylic acids is 1. The molecule has 0 spiro atoms. The Morgan fingerprint density at radius 1 is 1.38 bits per heavy atom. The van der Waals surface area contributed by atoms with Gasteiger partial charge in [-0.3, -0.25) is 10.00 Å². The third-order valence-electron chi connectivity index (χ3n) is 4.30. The summed E-state index contributed by atoms with van der Waals surface area (Å²) in [5, 5.41) is 7.10. The number of amidine groups is 1. The summed E-state index contributed by atoms with van der Waals surface area (Å²) in [6, 6.07) is 3.68. The second-order valence-electron chi connectivity index (χ2n) is 6.13. The van der Waals surface area contributed by atoms with Crippen LogP contribution in [0.15, 0.2) is 29.5 Å². The minimum absolute atomic E-state index is 0.212. The number of urea groups is 1. The molecule has 0 saturated carbocycles. The highest BCUT2D eigenvalue weighted by Gasteiger charge is 2.24. The maximum Gasteiger partial charge on any atom is 0.322 e. The monoisotopic (exact) mass is 357 g/mol. The Hall–Kier alpha value is -2.87. The van der Waals surface area contributed by atoms with Crippen LogP contribution in [0.3, 0.4) is 0 Å². The predicted octanol–water partition coefficient (Wildman–Crippen LogP) is 1.97. The minimum Gasteiger partial charge on any atom is -0.496 e. The van der Waals surface area contributed by atoms with E-state index in [4.69, 9.17) is 9.47 Å². The molecule has 0 fully saturated rings. The van der Waals surface area contributed by atoms with E-state index in [-0.39, 0.29) is 6.03 Å². The molecule has 2 amide bonds. The van der Waals surface area contributed by atoms with E-state index in [0.717, 1.165) is 28.1 Å². The summed E-state index contributed by atoms with van der Waals surface area (Å²) in [5.41, 5.74) is 3.71. The fraction of sp³-hybridized carbons (Fsp3) is 0.389. The highest BCUT2D eigenvalue weighted by atomic mass is 16.5. The number of methoxy groups -OCH3 is 2. The molecule has 3 rings (SSSR count). The molecular formula is C18H23N5O3. The molecular weight excluding hydrogens is 334 g/mol. The van der Waals surface area contributed by atoms with Gasteiger partial charge in [0.2, 0.25) is 0 Å². The number of nitrogens with one attached hydrogen (secondary N) is 1. The molecule has 0 aliphatic carbocycles. The Labute approximate surface area is 152 Å². The first kappa shape index (κ1) is 17.9. The third-order valence-corrected chi connectivity index (χ3v) is 4.30. The van der Waals surface area contributed by atoms with Crippen LogP contribution >= 0.6 is 0 Å². The number of aromatic nitrogens is 2. The second-order valence-corrected chi connectivity index (χ2v) is 6.13. The smallest absolute Gasteiger partial charge is 0.322 e. The quantitative estimate of drug-likeness (QED) is 0.887. The lowest BCUT2D eigenvalue weighted by molar-refractivity contribution is 0.161.